The Morgan fingerprint density at radius 2 is 2.04 bits per heavy atom. The molecule has 0 aliphatic carbocycles. The fourth-order valence-corrected chi connectivity index (χ4v) is 3.47. The lowest BCUT2D eigenvalue weighted by molar-refractivity contribution is -0.116. The molecule has 0 aromatic heterocycles. The fourth-order valence-electron chi connectivity index (χ4n) is 3.47. The smallest absolute Gasteiger partial charge is 0.251 e. The van der Waals surface area contributed by atoms with E-state index in [1.165, 1.54) is 0 Å². The SMILES string of the molecule is CC(=O)N1CCc2cc(C(=O)NCC3(C)CCNCC3)ccc21. The number of amides is 2. The van der Waals surface area contributed by atoms with E-state index in [0.717, 1.165) is 43.6 Å². The Bertz CT molecular complexity index is 621. The van der Waals surface area contributed by atoms with Gasteiger partial charge in [0.25, 0.3) is 5.91 Å². The van der Waals surface area contributed by atoms with Crippen LogP contribution in [0, 0.1) is 5.41 Å². The van der Waals surface area contributed by atoms with Gasteiger partial charge < -0.3 is 15.5 Å². The van der Waals surface area contributed by atoms with E-state index in [9.17, 15) is 9.59 Å². The average molecular weight is 315 g/mol. The van der Waals surface area contributed by atoms with Gasteiger partial charge in [0.1, 0.15) is 0 Å². The number of anilines is 1. The average Bonchev–Trinajstić information content (AvgIpc) is 2.96. The summed E-state index contributed by atoms with van der Waals surface area (Å²) in [6.07, 6.45) is 3.00. The number of carbonyl (C=O) groups is 2. The number of hydrogen-bond acceptors (Lipinski definition) is 3. The molecule has 2 N–H and O–H groups in total. The van der Waals surface area contributed by atoms with Crippen LogP contribution < -0.4 is 15.5 Å². The molecule has 0 saturated carbocycles. The number of nitrogens with one attached hydrogen (secondary N) is 2. The summed E-state index contributed by atoms with van der Waals surface area (Å²) in [5.74, 6) is 0.0358. The van der Waals surface area contributed by atoms with Crippen molar-refractivity contribution in [3.63, 3.8) is 0 Å². The molecule has 5 heteroatoms. The molecule has 2 amide bonds. The van der Waals surface area contributed by atoms with Crippen LogP contribution in [0.4, 0.5) is 5.69 Å². The van der Waals surface area contributed by atoms with Crippen molar-refractivity contribution < 1.29 is 9.59 Å². The summed E-state index contributed by atoms with van der Waals surface area (Å²) in [5.41, 5.74) is 2.90. The van der Waals surface area contributed by atoms with Gasteiger partial charge >= 0.3 is 0 Å². The standard InChI is InChI=1S/C18H25N3O2/c1-13(22)21-10-5-14-11-15(3-4-16(14)21)17(23)20-12-18(2)6-8-19-9-7-18/h3-4,11,19H,5-10,12H2,1-2H3,(H,20,23). The second kappa shape index (κ2) is 6.32. The summed E-state index contributed by atoms with van der Waals surface area (Å²) in [7, 11) is 0. The number of benzene rings is 1. The van der Waals surface area contributed by atoms with E-state index in [-0.39, 0.29) is 17.2 Å². The van der Waals surface area contributed by atoms with Gasteiger partial charge in [0.05, 0.1) is 0 Å². The number of hydrogen-bond donors (Lipinski definition) is 2. The number of piperidine rings is 1. The largest absolute Gasteiger partial charge is 0.351 e. The maximum atomic E-state index is 12.4. The molecule has 1 fully saturated rings. The zero-order valence-corrected chi connectivity index (χ0v) is 13.9. The Hall–Kier alpha value is -1.88. The van der Waals surface area contributed by atoms with E-state index < -0.39 is 0 Å². The Morgan fingerprint density at radius 3 is 2.74 bits per heavy atom. The van der Waals surface area contributed by atoms with Crippen LogP contribution in [-0.2, 0) is 11.2 Å². The minimum atomic E-state index is -0.0196. The number of rotatable bonds is 3. The molecule has 0 bridgehead atoms. The van der Waals surface area contributed by atoms with Gasteiger partial charge in [-0.3, -0.25) is 9.59 Å². The molecule has 0 atom stereocenters. The van der Waals surface area contributed by atoms with E-state index in [2.05, 4.69) is 17.6 Å². The van der Waals surface area contributed by atoms with Gasteiger partial charge in [-0.15, -0.1) is 0 Å². The van der Waals surface area contributed by atoms with Crippen LogP contribution >= 0.6 is 0 Å². The molecule has 3 rings (SSSR count). The van der Waals surface area contributed by atoms with Crippen molar-refractivity contribution in [2.75, 3.05) is 31.1 Å². The predicted molar refractivity (Wildman–Crippen MR) is 90.7 cm³/mol. The first kappa shape index (κ1) is 16.0. The highest BCUT2D eigenvalue weighted by atomic mass is 16.2. The monoisotopic (exact) mass is 315 g/mol. The lowest BCUT2D eigenvalue weighted by Gasteiger charge is -2.34. The van der Waals surface area contributed by atoms with Gasteiger partial charge in [-0.25, -0.2) is 0 Å². The Kier molecular flexibility index (Phi) is 4.39. The highest BCUT2D eigenvalue weighted by molar-refractivity contribution is 5.97. The number of carbonyl (C=O) groups excluding carboxylic acids is 2. The second-order valence-corrected chi connectivity index (χ2v) is 7.01. The molecule has 0 spiro atoms. The summed E-state index contributed by atoms with van der Waals surface area (Å²) in [5, 5.41) is 6.44. The molecular weight excluding hydrogens is 290 g/mol. The molecule has 0 unspecified atom stereocenters. The summed E-state index contributed by atoms with van der Waals surface area (Å²) >= 11 is 0. The van der Waals surface area contributed by atoms with Crippen molar-refractivity contribution in [2.45, 2.75) is 33.1 Å². The fraction of sp³-hybridized carbons (Fsp3) is 0.556. The maximum absolute atomic E-state index is 12.4. The van der Waals surface area contributed by atoms with Crippen LogP contribution in [0.1, 0.15) is 42.6 Å². The van der Waals surface area contributed by atoms with E-state index in [1.807, 2.05) is 18.2 Å². The normalized spacial score (nSPS) is 19.3. The second-order valence-electron chi connectivity index (χ2n) is 7.01. The first-order valence-corrected chi connectivity index (χ1v) is 8.38. The van der Waals surface area contributed by atoms with E-state index in [0.29, 0.717) is 18.7 Å². The van der Waals surface area contributed by atoms with Crippen LogP contribution in [0.15, 0.2) is 18.2 Å². The topological polar surface area (TPSA) is 61.4 Å². The van der Waals surface area contributed by atoms with Crippen molar-refractivity contribution in [1.29, 1.82) is 0 Å². The van der Waals surface area contributed by atoms with Gasteiger partial charge in [-0.05, 0) is 61.5 Å². The van der Waals surface area contributed by atoms with Crippen LogP contribution in [0.5, 0.6) is 0 Å². The molecule has 2 aliphatic heterocycles. The number of fused-ring (bicyclic) bond motifs is 1. The molecule has 23 heavy (non-hydrogen) atoms. The minimum Gasteiger partial charge on any atom is -0.351 e. The lowest BCUT2D eigenvalue weighted by Crippen LogP contribution is -2.42. The summed E-state index contributed by atoms with van der Waals surface area (Å²) in [6.45, 7) is 7.28. The Morgan fingerprint density at radius 1 is 1.30 bits per heavy atom. The van der Waals surface area contributed by atoms with Crippen LogP contribution in [0.2, 0.25) is 0 Å². The molecule has 1 aromatic carbocycles. The lowest BCUT2D eigenvalue weighted by atomic mass is 9.81. The molecule has 2 heterocycles. The molecule has 1 aromatic rings. The van der Waals surface area contributed by atoms with Crippen molar-refractivity contribution in [3.05, 3.63) is 29.3 Å². The predicted octanol–water partition coefficient (Wildman–Crippen LogP) is 1.72. The minimum absolute atomic E-state index is 0.0196. The third-order valence-corrected chi connectivity index (χ3v) is 5.10. The van der Waals surface area contributed by atoms with Gasteiger partial charge in [0.2, 0.25) is 5.91 Å². The molecule has 124 valence electrons. The summed E-state index contributed by atoms with van der Waals surface area (Å²) < 4.78 is 0. The quantitative estimate of drug-likeness (QED) is 0.893. The van der Waals surface area contributed by atoms with Gasteiger partial charge in [0, 0.05) is 31.3 Å². The van der Waals surface area contributed by atoms with Crippen molar-refractivity contribution in [1.82, 2.24) is 10.6 Å². The van der Waals surface area contributed by atoms with Crippen molar-refractivity contribution in [2.24, 2.45) is 5.41 Å². The Labute approximate surface area is 137 Å². The molecule has 5 nitrogen and oxygen atoms in total. The Balaban J connectivity index is 1.65. The number of nitrogens with zero attached hydrogens (tertiary/aromatic N) is 1. The van der Waals surface area contributed by atoms with E-state index in [1.54, 1.807) is 11.8 Å². The third-order valence-electron chi connectivity index (χ3n) is 5.10. The van der Waals surface area contributed by atoms with Gasteiger partial charge in [0.15, 0.2) is 0 Å². The highest BCUT2D eigenvalue weighted by Crippen LogP contribution is 2.29. The van der Waals surface area contributed by atoms with Crippen LogP contribution in [0.25, 0.3) is 0 Å². The molecule has 2 aliphatic rings. The van der Waals surface area contributed by atoms with Crippen LogP contribution in [0.3, 0.4) is 0 Å². The first-order valence-electron chi connectivity index (χ1n) is 8.38. The van der Waals surface area contributed by atoms with E-state index in [4.69, 9.17) is 0 Å². The summed E-state index contributed by atoms with van der Waals surface area (Å²) in [6, 6.07) is 5.64. The van der Waals surface area contributed by atoms with Crippen molar-refractivity contribution >= 4 is 17.5 Å². The summed E-state index contributed by atoms with van der Waals surface area (Å²) in [4.78, 5) is 25.8. The van der Waals surface area contributed by atoms with Crippen LogP contribution in [-0.4, -0.2) is 38.0 Å². The van der Waals surface area contributed by atoms with Gasteiger partial charge in [-0.2, -0.15) is 0 Å². The maximum Gasteiger partial charge on any atom is 0.251 e. The molecule has 1 saturated heterocycles. The van der Waals surface area contributed by atoms with Gasteiger partial charge in [-0.1, -0.05) is 6.92 Å². The zero-order chi connectivity index (χ0) is 16.4. The van der Waals surface area contributed by atoms with E-state index >= 15 is 0 Å². The highest BCUT2D eigenvalue weighted by Gasteiger charge is 2.28. The first-order chi connectivity index (χ1) is 11.0. The zero-order valence-electron chi connectivity index (χ0n) is 13.9. The third kappa shape index (κ3) is 3.39. The molecular formula is C18H25N3O2. The molecule has 0 radical (unpaired) electrons. The van der Waals surface area contributed by atoms with Crippen molar-refractivity contribution in [3.8, 4) is 0 Å².